The highest BCUT2D eigenvalue weighted by molar-refractivity contribution is 7.10. The van der Waals surface area contributed by atoms with Crippen LogP contribution in [0.2, 0.25) is 0 Å². The third kappa shape index (κ3) is 2.35. The van der Waals surface area contributed by atoms with Crippen LogP contribution >= 0.6 is 22.7 Å². The largest absolute Gasteiger partial charge is 0.350 e. The molecule has 0 saturated heterocycles. The molecule has 4 aromatic rings. The van der Waals surface area contributed by atoms with E-state index in [4.69, 9.17) is 0 Å². The van der Waals surface area contributed by atoms with E-state index >= 15 is 0 Å². The number of hydrogen-bond donors (Lipinski definition) is 0. The van der Waals surface area contributed by atoms with Gasteiger partial charge in [0, 0.05) is 40.4 Å². The maximum absolute atomic E-state index is 13.6. The Balaban J connectivity index is 1.63. The number of carbonyl (C=O) groups excluding carboxylic acids is 1. The molecule has 0 bridgehead atoms. The van der Waals surface area contributed by atoms with Crippen molar-refractivity contribution < 1.29 is 4.79 Å². The molecule has 4 heterocycles. The summed E-state index contributed by atoms with van der Waals surface area (Å²) in [4.78, 5) is 18.3. The van der Waals surface area contributed by atoms with Crippen LogP contribution in [0.4, 0.5) is 0 Å². The molecule has 1 aliphatic heterocycles. The lowest BCUT2D eigenvalue weighted by atomic mass is 9.97. The fraction of sp³-hybridized carbons (Fsp3) is 0.190. The van der Waals surface area contributed by atoms with E-state index in [1.165, 1.54) is 15.3 Å². The number of aromatic nitrogens is 1. The number of benzene rings is 1. The van der Waals surface area contributed by atoms with Gasteiger partial charge in [-0.25, -0.2) is 0 Å². The fourth-order valence-corrected chi connectivity index (χ4v) is 5.71. The molecule has 1 aliphatic rings. The number of thiophene rings is 2. The predicted molar refractivity (Wildman–Crippen MR) is 108 cm³/mol. The maximum Gasteiger partial charge on any atom is 0.256 e. The van der Waals surface area contributed by atoms with Crippen LogP contribution in [0.3, 0.4) is 0 Å². The van der Waals surface area contributed by atoms with E-state index in [9.17, 15) is 4.79 Å². The first-order chi connectivity index (χ1) is 12.7. The van der Waals surface area contributed by atoms with Gasteiger partial charge in [-0.2, -0.15) is 0 Å². The molecule has 0 fully saturated rings. The normalized spacial score (nSPS) is 16.8. The average molecular weight is 379 g/mol. The Kier molecular flexibility index (Phi) is 3.72. The maximum atomic E-state index is 13.6. The summed E-state index contributed by atoms with van der Waals surface area (Å²) in [5.41, 5.74) is 3.18. The summed E-state index contributed by atoms with van der Waals surface area (Å²) in [6.07, 6.45) is 2.91. The molecular weight excluding hydrogens is 360 g/mol. The second-order valence-corrected chi connectivity index (χ2v) is 8.62. The van der Waals surface area contributed by atoms with E-state index < -0.39 is 0 Å². The Morgan fingerprint density at radius 2 is 1.96 bits per heavy atom. The third-order valence-corrected chi connectivity index (χ3v) is 7.09. The smallest absolute Gasteiger partial charge is 0.256 e. The summed E-state index contributed by atoms with van der Waals surface area (Å²) in [6, 6.07) is 14.6. The predicted octanol–water partition coefficient (Wildman–Crippen LogP) is 5.09. The summed E-state index contributed by atoms with van der Waals surface area (Å²) >= 11 is 3.53. The molecule has 5 rings (SSSR count). The van der Waals surface area contributed by atoms with Crippen LogP contribution in [0.5, 0.6) is 0 Å². The first kappa shape index (κ1) is 15.9. The Hall–Kier alpha value is -2.37. The highest BCUT2D eigenvalue weighted by Gasteiger charge is 2.34. The van der Waals surface area contributed by atoms with Crippen LogP contribution in [0, 0.1) is 0 Å². The van der Waals surface area contributed by atoms with E-state index in [2.05, 4.69) is 39.9 Å². The van der Waals surface area contributed by atoms with Crippen molar-refractivity contribution in [3.05, 3.63) is 80.3 Å². The lowest BCUT2D eigenvalue weighted by molar-refractivity contribution is 0.0700. The zero-order chi connectivity index (χ0) is 17.7. The topological polar surface area (TPSA) is 25.2 Å². The minimum atomic E-state index is 0.0245. The number of aryl methyl sites for hydroxylation is 1. The molecule has 0 radical (unpaired) electrons. The molecule has 1 atom stereocenters. The highest BCUT2D eigenvalue weighted by atomic mass is 32.1. The molecule has 3 nitrogen and oxygen atoms in total. The van der Waals surface area contributed by atoms with E-state index in [0.29, 0.717) is 0 Å². The van der Waals surface area contributed by atoms with Gasteiger partial charge in [-0.3, -0.25) is 4.79 Å². The summed E-state index contributed by atoms with van der Waals surface area (Å²) in [6.45, 7) is 0.762. The van der Waals surface area contributed by atoms with Gasteiger partial charge in [0.15, 0.2) is 0 Å². The SMILES string of the molecule is Cn1cc(C(=O)N2CCc3sccc3C2c2cccs2)c2ccccc21. The van der Waals surface area contributed by atoms with Crippen LogP contribution in [0.1, 0.15) is 31.7 Å². The second-order valence-electron chi connectivity index (χ2n) is 6.64. The van der Waals surface area contributed by atoms with Gasteiger partial charge >= 0.3 is 0 Å². The molecule has 1 aromatic carbocycles. The summed E-state index contributed by atoms with van der Waals surface area (Å²) < 4.78 is 2.04. The summed E-state index contributed by atoms with van der Waals surface area (Å²) in [7, 11) is 2.00. The lowest BCUT2D eigenvalue weighted by Gasteiger charge is -2.35. The van der Waals surface area contributed by atoms with Crippen molar-refractivity contribution in [2.24, 2.45) is 7.05 Å². The number of hydrogen-bond acceptors (Lipinski definition) is 3. The van der Waals surface area contributed by atoms with Crippen molar-refractivity contribution in [3.8, 4) is 0 Å². The quantitative estimate of drug-likeness (QED) is 0.477. The van der Waals surface area contributed by atoms with Gasteiger partial charge in [-0.15, -0.1) is 22.7 Å². The second kappa shape index (κ2) is 6.11. The Bertz CT molecular complexity index is 1090. The zero-order valence-corrected chi connectivity index (χ0v) is 16.0. The lowest BCUT2D eigenvalue weighted by Crippen LogP contribution is -2.39. The number of para-hydroxylation sites is 1. The summed E-state index contributed by atoms with van der Waals surface area (Å²) in [5.74, 6) is 0.122. The van der Waals surface area contributed by atoms with Gasteiger partial charge in [0.1, 0.15) is 0 Å². The van der Waals surface area contributed by atoms with Crippen LogP contribution in [0.25, 0.3) is 10.9 Å². The highest BCUT2D eigenvalue weighted by Crippen LogP contribution is 2.40. The first-order valence-electron chi connectivity index (χ1n) is 8.69. The van der Waals surface area contributed by atoms with Gasteiger partial charge in [0.05, 0.1) is 11.6 Å². The minimum absolute atomic E-state index is 0.0245. The molecule has 0 aliphatic carbocycles. The minimum Gasteiger partial charge on any atom is -0.350 e. The fourth-order valence-electron chi connectivity index (χ4n) is 3.96. The van der Waals surface area contributed by atoms with Crippen LogP contribution < -0.4 is 0 Å². The molecule has 5 heteroatoms. The molecular formula is C21H18N2OS2. The molecule has 1 amide bonds. The van der Waals surface area contributed by atoms with Crippen molar-refractivity contribution in [3.63, 3.8) is 0 Å². The molecule has 0 spiro atoms. The number of nitrogens with zero attached hydrogens (tertiary/aromatic N) is 2. The standard InChI is InChI=1S/C21H18N2OS2/c1-22-13-16(14-5-2-3-6-17(14)22)21(24)23-10-8-18-15(9-12-26-18)20(23)19-7-4-11-25-19/h2-7,9,11-13,20H,8,10H2,1H3. The molecule has 26 heavy (non-hydrogen) atoms. The van der Waals surface area contributed by atoms with Gasteiger partial charge in [-0.05, 0) is 40.9 Å². The third-order valence-electron chi connectivity index (χ3n) is 5.17. The number of carbonyl (C=O) groups is 1. The Labute approximate surface area is 160 Å². The molecule has 0 N–H and O–H groups in total. The number of rotatable bonds is 2. The molecule has 0 saturated carbocycles. The average Bonchev–Trinajstić information content (AvgIpc) is 3.41. The van der Waals surface area contributed by atoms with Gasteiger partial charge in [-0.1, -0.05) is 24.3 Å². The first-order valence-corrected chi connectivity index (χ1v) is 10.4. The Morgan fingerprint density at radius 1 is 1.08 bits per heavy atom. The van der Waals surface area contributed by atoms with Crippen molar-refractivity contribution in [1.82, 2.24) is 9.47 Å². The number of amides is 1. The Morgan fingerprint density at radius 3 is 2.81 bits per heavy atom. The van der Waals surface area contributed by atoms with E-state index in [1.807, 2.05) is 36.0 Å². The zero-order valence-electron chi connectivity index (χ0n) is 14.4. The van der Waals surface area contributed by atoms with E-state index in [-0.39, 0.29) is 11.9 Å². The van der Waals surface area contributed by atoms with E-state index in [1.54, 1.807) is 22.7 Å². The summed E-state index contributed by atoms with van der Waals surface area (Å²) in [5, 5.41) is 5.27. The van der Waals surface area contributed by atoms with Crippen molar-refractivity contribution in [1.29, 1.82) is 0 Å². The van der Waals surface area contributed by atoms with Crippen LogP contribution in [0.15, 0.2) is 59.4 Å². The van der Waals surface area contributed by atoms with E-state index in [0.717, 1.165) is 29.4 Å². The molecule has 130 valence electrons. The van der Waals surface area contributed by atoms with Crippen molar-refractivity contribution in [2.45, 2.75) is 12.5 Å². The van der Waals surface area contributed by atoms with Gasteiger partial charge < -0.3 is 9.47 Å². The van der Waals surface area contributed by atoms with Gasteiger partial charge in [0.2, 0.25) is 0 Å². The molecule has 1 unspecified atom stereocenters. The van der Waals surface area contributed by atoms with Crippen LogP contribution in [-0.2, 0) is 13.5 Å². The molecule has 3 aromatic heterocycles. The van der Waals surface area contributed by atoms with Crippen molar-refractivity contribution in [2.75, 3.05) is 6.54 Å². The van der Waals surface area contributed by atoms with Crippen LogP contribution in [-0.4, -0.2) is 21.9 Å². The number of fused-ring (bicyclic) bond motifs is 2. The van der Waals surface area contributed by atoms with Crippen molar-refractivity contribution >= 4 is 39.5 Å². The monoisotopic (exact) mass is 378 g/mol. The van der Waals surface area contributed by atoms with Gasteiger partial charge in [0.25, 0.3) is 5.91 Å².